The van der Waals surface area contributed by atoms with Gasteiger partial charge in [0.05, 0.1) is 26.1 Å². The summed E-state index contributed by atoms with van der Waals surface area (Å²) in [4.78, 5) is 44.5. The van der Waals surface area contributed by atoms with E-state index in [-0.39, 0.29) is 36.2 Å². The van der Waals surface area contributed by atoms with Crippen LogP contribution in [0.2, 0.25) is 0 Å². The predicted octanol–water partition coefficient (Wildman–Crippen LogP) is 0.465. The number of methoxy groups -OCH3 is 1. The molecule has 0 radical (unpaired) electrons. The van der Waals surface area contributed by atoms with E-state index in [1.807, 2.05) is 26.0 Å². The lowest BCUT2D eigenvalue weighted by Gasteiger charge is -2.26. The van der Waals surface area contributed by atoms with Gasteiger partial charge in [0.1, 0.15) is 0 Å². The minimum atomic E-state index is -0.183. The molecule has 2 heterocycles. The summed E-state index contributed by atoms with van der Waals surface area (Å²) in [7, 11) is 1.42. The lowest BCUT2D eigenvalue weighted by atomic mass is 9.99. The van der Waals surface area contributed by atoms with E-state index in [1.54, 1.807) is 17.0 Å². The van der Waals surface area contributed by atoms with Gasteiger partial charge in [-0.25, -0.2) is 4.99 Å². The number of amides is 2. The first kappa shape index (κ1) is 22.6. The molecule has 0 bridgehead atoms. The van der Waals surface area contributed by atoms with E-state index in [9.17, 15) is 14.4 Å². The van der Waals surface area contributed by atoms with Crippen LogP contribution < -0.4 is 10.6 Å². The summed E-state index contributed by atoms with van der Waals surface area (Å²) in [5.41, 5.74) is 1.53. The van der Waals surface area contributed by atoms with E-state index in [2.05, 4.69) is 15.5 Å². The molecule has 2 atom stereocenters. The fraction of sp³-hybridized carbons (Fsp3) is 0.545. The molecule has 3 rings (SSSR count). The van der Waals surface area contributed by atoms with Gasteiger partial charge >= 0.3 is 5.97 Å². The Morgan fingerprint density at radius 2 is 1.97 bits per heavy atom. The number of ether oxygens (including phenoxy) is 1. The first-order valence-electron chi connectivity index (χ1n) is 10.7. The van der Waals surface area contributed by atoms with Gasteiger partial charge in [-0.2, -0.15) is 0 Å². The van der Waals surface area contributed by atoms with Crippen molar-refractivity contribution in [2.75, 3.05) is 46.4 Å². The number of piperazine rings is 1. The number of hydrogen-bond donors (Lipinski definition) is 2. The molecule has 1 aromatic rings. The summed E-state index contributed by atoms with van der Waals surface area (Å²) < 4.78 is 4.92. The standard InChI is InChI=1S/C22H31N5O4/c1-4-23-22(27-12-15(2)18(13-27)21(30)31-3)25-11-16-5-7-17(8-6-16)20(29)26-10-9-24-19(28)14-26/h5-8,15,18H,4,9-14H2,1-3H3,(H,23,25)(H,24,28). The minimum absolute atomic E-state index is 0.0950. The summed E-state index contributed by atoms with van der Waals surface area (Å²) in [6.07, 6.45) is 0. The van der Waals surface area contributed by atoms with Gasteiger partial charge in [0.2, 0.25) is 5.91 Å². The number of carbonyl (C=O) groups excluding carboxylic acids is 3. The summed E-state index contributed by atoms with van der Waals surface area (Å²) in [6, 6.07) is 7.32. The normalized spacial score (nSPS) is 21.6. The summed E-state index contributed by atoms with van der Waals surface area (Å²) in [6.45, 7) is 7.65. The number of likely N-dealkylation sites (tertiary alicyclic amines) is 1. The van der Waals surface area contributed by atoms with Crippen molar-refractivity contribution < 1.29 is 19.1 Å². The molecule has 1 aromatic carbocycles. The largest absolute Gasteiger partial charge is 0.469 e. The van der Waals surface area contributed by atoms with E-state index in [1.165, 1.54) is 7.11 Å². The Morgan fingerprint density at radius 3 is 2.61 bits per heavy atom. The molecule has 2 amide bonds. The Kier molecular flexibility index (Phi) is 7.49. The van der Waals surface area contributed by atoms with Gasteiger partial charge < -0.3 is 25.2 Å². The smallest absolute Gasteiger partial charge is 0.310 e. The maximum atomic E-state index is 12.6. The topological polar surface area (TPSA) is 103 Å². The average molecular weight is 430 g/mol. The zero-order valence-electron chi connectivity index (χ0n) is 18.4. The number of carbonyl (C=O) groups is 3. The third-order valence-electron chi connectivity index (χ3n) is 5.69. The first-order valence-corrected chi connectivity index (χ1v) is 10.7. The number of hydrogen-bond acceptors (Lipinski definition) is 5. The van der Waals surface area contributed by atoms with E-state index in [4.69, 9.17) is 9.73 Å². The molecule has 9 heteroatoms. The van der Waals surface area contributed by atoms with Gasteiger partial charge in [-0.05, 0) is 30.5 Å². The highest BCUT2D eigenvalue weighted by Gasteiger charge is 2.36. The number of rotatable bonds is 5. The Balaban J connectivity index is 1.64. The highest BCUT2D eigenvalue weighted by Crippen LogP contribution is 2.24. The fourth-order valence-corrected chi connectivity index (χ4v) is 3.94. The van der Waals surface area contributed by atoms with Crippen LogP contribution in [-0.4, -0.2) is 79.9 Å². The Labute approximate surface area is 182 Å². The molecule has 9 nitrogen and oxygen atoms in total. The van der Waals surface area contributed by atoms with Crippen molar-refractivity contribution in [3.8, 4) is 0 Å². The Hall–Kier alpha value is -3.10. The zero-order valence-corrected chi connectivity index (χ0v) is 18.4. The Bertz CT molecular complexity index is 839. The van der Waals surface area contributed by atoms with Crippen molar-refractivity contribution in [2.24, 2.45) is 16.8 Å². The molecule has 0 aromatic heterocycles. The maximum Gasteiger partial charge on any atom is 0.310 e. The number of esters is 1. The van der Waals surface area contributed by atoms with Crippen molar-refractivity contribution >= 4 is 23.7 Å². The van der Waals surface area contributed by atoms with Crippen LogP contribution in [0.4, 0.5) is 0 Å². The van der Waals surface area contributed by atoms with E-state index in [0.29, 0.717) is 31.7 Å². The number of nitrogens with zero attached hydrogens (tertiary/aromatic N) is 3. The van der Waals surface area contributed by atoms with Gasteiger partial charge in [0.25, 0.3) is 5.91 Å². The van der Waals surface area contributed by atoms with Crippen molar-refractivity contribution in [3.05, 3.63) is 35.4 Å². The molecule has 0 aliphatic carbocycles. The van der Waals surface area contributed by atoms with Crippen molar-refractivity contribution in [1.29, 1.82) is 0 Å². The van der Waals surface area contributed by atoms with Crippen LogP contribution >= 0.6 is 0 Å². The number of aliphatic imine (C=N–C) groups is 1. The molecule has 2 aliphatic rings. The molecule has 2 saturated heterocycles. The van der Waals surface area contributed by atoms with E-state index in [0.717, 1.165) is 24.6 Å². The van der Waals surface area contributed by atoms with E-state index >= 15 is 0 Å². The molecule has 0 saturated carbocycles. The average Bonchev–Trinajstić information content (AvgIpc) is 3.17. The highest BCUT2D eigenvalue weighted by molar-refractivity contribution is 5.97. The molecule has 31 heavy (non-hydrogen) atoms. The molecule has 0 spiro atoms. The third-order valence-corrected chi connectivity index (χ3v) is 5.69. The lowest BCUT2D eigenvalue weighted by molar-refractivity contribution is -0.146. The SMILES string of the molecule is CCNC(=NCc1ccc(C(=O)N2CCNC(=O)C2)cc1)N1CC(C)C(C(=O)OC)C1. The molecule has 2 unspecified atom stereocenters. The maximum absolute atomic E-state index is 12.6. The minimum Gasteiger partial charge on any atom is -0.469 e. The van der Waals surface area contributed by atoms with E-state index < -0.39 is 0 Å². The van der Waals surface area contributed by atoms with Crippen molar-refractivity contribution in [2.45, 2.75) is 20.4 Å². The van der Waals surface area contributed by atoms with Crippen LogP contribution in [-0.2, 0) is 20.9 Å². The lowest BCUT2D eigenvalue weighted by Crippen LogP contribution is -2.49. The van der Waals surface area contributed by atoms with Crippen LogP contribution in [0.1, 0.15) is 29.8 Å². The van der Waals surface area contributed by atoms with Crippen molar-refractivity contribution in [1.82, 2.24) is 20.4 Å². The molecule has 2 N–H and O–H groups in total. The van der Waals surface area contributed by atoms with Crippen LogP contribution in [0.3, 0.4) is 0 Å². The van der Waals surface area contributed by atoms with Crippen LogP contribution in [0.15, 0.2) is 29.3 Å². The predicted molar refractivity (Wildman–Crippen MR) is 116 cm³/mol. The molecule has 168 valence electrons. The van der Waals surface area contributed by atoms with Gasteiger partial charge in [0.15, 0.2) is 5.96 Å². The van der Waals surface area contributed by atoms with Crippen molar-refractivity contribution in [3.63, 3.8) is 0 Å². The number of benzene rings is 1. The summed E-state index contributed by atoms with van der Waals surface area (Å²) in [5.74, 6) is 0.345. The summed E-state index contributed by atoms with van der Waals surface area (Å²) >= 11 is 0. The number of guanidine groups is 1. The molecule has 2 aliphatic heterocycles. The second-order valence-corrected chi connectivity index (χ2v) is 7.96. The first-order chi connectivity index (χ1) is 14.9. The number of nitrogens with one attached hydrogen (secondary N) is 2. The summed E-state index contributed by atoms with van der Waals surface area (Å²) in [5, 5.41) is 6.01. The van der Waals surface area contributed by atoms with Crippen LogP contribution in [0, 0.1) is 11.8 Å². The molecule has 2 fully saturated rings. The highest BCUT2D eigenvalue weighted by atomic mass is 16.5. The van der Waals surface area contributed by atoms with Gasteiger partial charge in [-0.15, -0.1) is 0 Å². The fourth-order valence-electron chi connectivity index (χ4n) is 3.94. The van der Waals surface area contributed by atoms with Crippen LogP contribution in [0.25, 0.3) is 0 Å². The van der Waals surface area contributed by atoms with Gasteiger partial charge in [0, 0.05) is 38.3 Å². The molecular weight excluding hydrogens is 398 g/mol. The molecular formula is C22H31N5O4. The van der Waals surface area contributed by atoms with Gasteiger partial charge in [-0.3, -0.25) is 14.4 Å². The monoisotopic (exact) mass is 429 g/mol. The zero-order chi connectivity index (χ0) is 22.4. The third kappa shape index (κ3) is 5.53. The quantitative estimate of drug-likeness (QED) is 0.401. The second kappa shape index (κ2) is 10.3. The second-order valence-electron chi connectivity index (χ2n) is 7.96. The Morgan fingerprint density at radius 1 is 1.23 bits per heavy atom. The van der Waals surface area contributed by atoms with Gasteiger partial charge in [-0.1, -0.05) is 19.1 Å². The van der Waals surface area contributed by atoms with Crippen LogP contribution in [0.5, 0.6) is 0 Å².